The van der Waals surface area contributed by atoms with Crippen molar-refractivity contribution in [3.8, 4) is 34.1 Å². The van der Waals surface area contributed by atoms with Crippen molar-refractivity contribution >= 4 is 5.82 Å². The summed E-state index contributed by atoms with van der Waals surface area (Å²) in [6, 6.07) is 8.25. The smallest absolute Gasteiger partial charge is 0.216 e. The van der Waals surface area contributed by atoms with Crippen molar-refractivity contribution in [2.24, 2.45) is 0 Å². The van der Waals surface area contributed by atoms with Crippen LogP contribution in [0.1, 0.15) is 46.0 Å². The van der Waals surface area contributed by atoms with E-state index in [0.29, 0.717) is 34.4 Å². The fraction of sp³-hybridized carbons (Fsp3) is 0.462. The number of aromatic nitrogens is 4. The van der Waals surface area contributed by atoms with Crippen LogP contribution in [0.25, 0.3) is 22.5 Å². The fourth-order valence-electron chi connectivity index (χ4n) is 5.80. The second-order valence-corrected chi connectivity index (χ2v) is 10.4. The highest BCUT2D eigenvalue weighted by molar-refractivity contribution is 5.73. The van der Waals surface area contributed by atoms with Crippen molar-refractivity contribution in [3.05, 3.63) is 42.5 Å². The second kappa shape index (κ2) is 8.71. The molecule has 1 unspecified atom stereocenters. The molecular formula is C26H31FN6O2. The Morgan fingerprint density at radius 1 is 1.09 bits per heavy atom. The lowest BCUT2D eigenvalue weighted by molar-refractivity contribution is 0.0784. The number of benzene rings is 1. The van der Waals surface area contributed by atoms with Crippen LogP contribution in [0.15, 0.2) is 36.5 Å². The standard InChI is InChI=1S/C26H31FN6O2/c1-25-8-5-9-26(2,32-25)14-18(13-25)33(3)22-15-28-24(31-30-22)19-7-6-16(10-20(19)34)17-11-21(27)29-23(12-17)35-4/h6-7,10-12,15,18,32,34H,5,8-9,13-14H2,1-4H3/t18?,25-,26+. The van der Waals surface area contributed by atoms with Crippen molar-refractivity contribution in [3.63, 3.8) is 0 Å². The molecule has 2 saturated heterocycles. The van der Waals surface area contributed by atoms with Crippen LogP contribution >= 0.6 is 0 Å². The molecule has 0 spiro atoms. The number of ether oxygens (including phenoxy) is 1. The summed E-state index contributed by atoms with van der Waals surface area (Å²) >= 11 is 0. The zero-order valence-corrected chi connectivity index (χ0v) is 20.5. The predicted molar refractivity (Wildman–Crippen MR) is 132 cm³/mol. The second-order valence-electron chi connectivity index (χ2n) is 10.4. The van der Waals surface area contributed by atoms with Crippen LogP contribution in [0.5, 0.6) is 11.6 Å². The van der Waals surface area contributed by atoms with Crippen LogP contribution in [0.4, 0.5) is 10.2 Å². The molecule has 1 aromatic carbocycles. The third-order valence-corrected chi connectivity index (χ3v) is 7.44. The van der Waals surface area contributed by atoms with Crippen molar-refractivity contribution in [2.45, 2.75) is 63.1 Å². The van der Waals surface area contributed by atoms with E-state index in [1.54, 1.807) is 30.5 Å². The molecule has 0 amide bonds. The predicted octanol–water partition coefficient (Wildman–Crippen LogP) is 4.34. The Hall–Kier alpha value is -3.33. The topological polar surface area (TPSA) is 96.3 Å². The van der Waals surface area contributed by atoms with Gasteiger partial charge in [-0.2, -0.15) is 9.37 Å². The van der Waals surface area contributed by atoms with E-state index in [1.165, 1.54) is 32.4 Å². The molecule has 4 heterocycles. The van der Waals surface area contributed by atoms with Gasteiger partial charge in [-0.3, -0.25) is 0 Å². The number of pyridine rings is 1. The van der Waals surface area contributed by atoms with Crippen LogP contribution in [0, 0.1) is 5.95 Å². The molecule has 0 aliphatic carbocycles. The maximum absolute atomic E-state index is 13.8. The Labute approximate surface area is 204 Å². The highest BCUT2D eigenvalue weighted by Crippen LogP contribution is 2.42. The minimum absolute atomic E-state index is 0.0198. The van der Waals surface area contributed by atoms with E-state index in [4.69, 9.17) is 4.74 Å². The third kappa shape index (κ3) is 4.65. The number of nitrogens with zero attached hydrogens (tertiary/aromatic N) is 5. The number of rotatable bonds is 5. The lowest BCUT2D eigenvalue weighted by atomic mass is 9.69. The first kappa shape index (κ1) is 23.4. The quantitative estimate of drug-likeness (QED) is 0.523. The van der Waals surface area contributed by atoms with Gasteiger partial charge in [0, 0.05) is 36.3 Å². The number of aromatic hydroxyl groups is 1. The van der Waals surface area contributed by atoms with Crippen LogP contribution in [0.2, 0.25) is 0 Å². The van der Waals surface area contributed by atoms with Crippen LogP contribution in [0.3, 0.4) is 0 Å². The zero-order chi connectivity index (χ0) is 24.8. The summed E-state index contributed by atoms with van der Waals surface area (Å²) in [4.78, 5) is 10.3. The van der Waals surface area contributed by atoms with Crippen molar-refractivity contribution < 1.29 is 14.2 Å². The molecule has 5 rings (SSSR count). The molecular weight excluding hydrogens is 447 g/mol. The summed E-state index contributed by atoms with van der Waals surface area (Å²) in [5, 5.41) is 23.3. The van der Waals surface area contributed by atoms with E-state index < -0.39 is 5.95 Å². The van der Waals surface area contributed by atoms with E-state index in [9.17, 15) is 9.50 Å². The molecule has 2 aliphatic rings. The number of phenolic OH excluding ortho intramolecular Hbond substituents is 1. The maximum atomic E-state index is 13.8. The summed E-state index contributed by atoms with van der Waals surface area (Å²) in [5.74, 6) is 0.521. The molecule has 2 bridgehead atoms. The number of hydrogen-bond donors (Lipinski definition) is 2. The molecule has 2 aromatic heterocycles. The maximum Gasteiger partial charge on any atom is 0.216 e. The molecule has 2 fully saturated rings. The van der Waals surface area contributed by atoms with Gasteiger partial charge in [0.1, 0.15) is 5.75 Å². The first-order chi connectivity index (χ1) is 16.7. The average molecular weight is 479 g/mol. The van der Waals surface area contributed by atoms with Crippen LogP contribution in [-0.2, 0) is 0 Å². The molecule has 2 N–H and O–H groups in total. The van der Waals surface area contributed by atoms with Gasteiger partial charge in [-0.05, 0) is 69.2 Å². The Kier molecular flexibility index (Phi) is 5.83. The Morgan fingerprint density at radius 3 is 2.46 bits per heavy atom. The van der Waals surface area contributed by atoms with E-state index in [0.717, 1.165) is 12.8 Å². The van der Waals surface area contributed by atoms with Crippen molar-refractivity contribution in [1.82, 2.24) is 25.5 Å². The number of anilines is 1. The van der Waals surface area contributed by atoms with E-state index in [2.05, 4.69) is 51.3 Å². The number of hydrogen-bond acceptors (Lipinski definition) is 8. The number of nitrogens with one attached hydrogen (secondary N) is 1. The third-order valence-electron chi connectivity index (χ3n) is 7.44. The fourth-order valence-corrected chi connectivity index (χ4v) is 5.80. The highest BCUT2D eigenvalue weighted by Gasteiger charge is 2.46. The normalized spacial score (nSPS) is 25.8. The molecule has 3 atom stereocenters. The molecule has 2 aliphatic heterocycles. The lowest BCUT2D eigenvalue weighted by Crippen LogP contribution is -2.66. The zero-order valence-electron chi connectivity index (χ0n) is 20.5. The Bertz CT molecular complexity index is 1220. The summed E-state index contributed by atoms with van der Waals surface area (Å²) in [5.41, 5.74) is 1.89. The SMILES string of the molecule is COc1cc(-c2ccc(-c3ncc(N(C)C4C[C@]5(C)CCC[C@](C)(C4)N5)nn3)c(O)c2)cc(F)n1. The molecule has 8 nitrogen and oxygen atoms in total. The summed E-state index contributed by atoms with van der Waals surface area (Å²) in [6.45, 7) is 4.64. The first-order valence-electron chi connectivity index (χ1n) is 11.9. The number of piperidine rings is 2. The first-order valence-corrected chi connectivity index (χ1v) is 11.9. The van der Waals surface area contributed by atoms with Gasteiger partial charge in [0.15, 0.2) is 11.6 Å². The molecule has 35 heavy (non-hydrogen) atoms. The Morgan fingerprint density at radius 2 is 1.83 bits per heavy atom. The van der Waals surface area contributed by atoms with Crippen LogP contribution < -0.4 is 15.0 Å². The van der Waals surface area contributed by atoms with Gasteiger partial charge in [0.25, 0.3) is 0 Å². The van der Waals surface area contributed by atoms with Gasteiger partial charge in [0.05, 0.1) is 18.9 Å². The monoisotopic (exact) mass is 478 g/mol. The minimum Gasteiger partial charge on any atom is -0.507 e. The number of methoxy groups -OCH3 is 1. The summed E-state index contributed by atoms with van der Waals surface area (Å²) in [7, 11) is 3.48. The highest BCUT2D eigenvalue weighted by atomic mass is 19.1. The minimum atomic E-state index is -0.657. The van der Waals surface area contributed by atoms with E-state index >= 15 is 0 Å². The van der Waals surface area contributed by atoms with Gasteiger partial charge in [-0.1, -0.05) is 6.07 Å². The number of phenols is 1. The molecule has 9 heteroatoms. The van der Waals surface area contributed by atoms with Gasteiger partial charge in [-0.15, -0.1) is 10.2 Å². The Balaban J connectivity index is 1.36. The van der Waals surface area contributed by atoms with Crippen molar-refractivity contribution in [1.29, 1.82) is 0 Å². The van der Waals surface area contributed by atoms with Gasteiger partial charge in [0.2, 0.25) is 11.8 Å². The van der Waals surface area contributed by atoms with E-state index in [1.807, 2.05) is 0 Å². The summed E-state index contributed by atoms with van der Waals surface area (Å²) in [6.07, 6.45) is 7.43. The largest absolute Gasteiger partial charge is 0.507 e. The van der Waals surface area contributed by atoms with Crippen LogP contribution in [-0.4, -0.2) is 56.5 Å². The molecule has 3 aromatic rings. The van der Waals surface area contributed by atoms with Gasteiger partial charge in [-0.25, -0.2) is 4.98 Å². The molecule has 184 valence electrons. The van der Waals surface area contributed by atoms with Crippen molar-refractivity contribution in [2.75, 3.05) is 19.1 Å². The van der Waals surface area contributed by atoms with E-state index in [-0.39, 0.29) is 22.7 Å². The summed E-state index contributed by atoms with van der Waals surface area (Å²) < 4.78 is 18.8. The number of halogens is 1. The van der Waals surface area contributed by atoms with Gasteiger partial charge < -0.3 is 20.1 Å². The average Bonchev–Trinajstić information content (AvgIpc) is 2.82. The molecule has 0 saturated carbocycles. The lowest BCUT2D eigenvalue weighted by Gasteiger charge is -2.55. The van der Waals surface area contributed by atoms with Gasteiger partial charge >= 0.3 is 0 Å². The number of fused-ring (bicyclic) bond motifs is 2. The molecule has 0 radical (unpaired) electrons.